The standard InChI is InChI=1S/C15H32N2O3/c1-13(2)16-8-6-10-19-11-7-9-17-14(18)12-20-15(3,4)5/h13,16H,6-12H2,1-5H3,(H,17,18). The lowest BCUT2D eigenvalue weighted by Crippen LogP contribution is -2.33. The molecule has 0 saturated carbocycles. The maximum absolute atomic E-state index is 11.4. The summed E-state index contributed by atoms with van der Waals surface area (Å²) in [5.41, 5.74) is -0.273. The number of rotatable bonds is 11. The molecule has 0 aliphatic heterocycles. The second kappa shape index (κ2) is 11.1. The molecule has 0 aromatic heterocycles. The summed E-state index contributed by atoms with van der Waals surface area (Å²) in [6.07, 6.45) is 1.85. The van der Waals surface area contributed by atoms with Gasteiger partial charge in [0.25, 0.3) is 0 Å². The van der Waals surface area contributed by atoms with E-state index in [1.165, 1.54) is 0 Å². The molecule has 2 N–H and O–H groups in total. The fourth-order valence-electron chi connectivity index (χ4n) is 1.40. The first kappa shape index (κ1) is 19.4. The van der Waals surface area contributed by atoms with Crippen LogP contribution in [0.4, 0.5) is 0 Å². The summed E-state index contributed by atoms with van der Waals surface area (Å²) in [5, 5.41) is 6.15. The Kier molecular flexibility index (Phi) is 10.7. The van der Waals surface area contributed by atoms with E-state index in [1.54, 1.807) is 0 Å². The van der Waals surface area contributed by atoms with Crippen LogP contribution in [0, 0.1) is 0 Å². The molecule has 5 heteroatoms. The van der Waals surface area contributed by atoms with Gasteiger partial charge < -0.3 is 20.1 Å². The van der Waals surface area contributed by atoms with Crippen molar-refractivity contribution in [2.75, 3.05) is 32.9 Å². The fraction of sp³-hybridized carbons (Fsp3) is 0.933. The summed E-state index contributed by atoms with van der Waals surface area (Å²) in [4.78, 5) is 11.4. The molecule has 0 heterocycles. The van der Waals surface area contributed by atoms with E-state index in [0.29, 0.717) is 19.2 Å². The van der Waals surface area contributed by atoms with Crippen molar-refractivity contribution < 1.29 is 14.3 Å². The van der Waals surface area contributed by atoms with E-state index < -0.39 is 0 Å². The molecule has 120 valence electrons. The van der Waals surface area contributed by atoms with Gasteiger partial charge in [-0.2, -0.15) is 0 Å². The molecule has 0 aromatic rings. The van der Waals surface area contributed by atoms with Crippen LogP contribution in [-0.2, 0) is 14.3 Å². The van der Waals surface area contributed by atoms with Crippen molar-refractivity contribution in [2.45, 2.75) is 59.1 Å². The number of ether oxygens (including phenoxy) is 2. The van der Waals surface area contributed by atoms with Gasteiger partial charge in [-0.3, -0.25) is 4.79 Å². The van der Waals surface area contributed by atoms with E-state index in [4.69, 9.17) is 9.47 Å². The van der Waals surface area contributed by atoms with Crippen molar-refractivity contribution in [3.05, 3.63) is 0 Å². The largest absolute Gasteiger partial charge is 0.381 e. The Balaban J connectivity index is 3.25. The van der Waals surface area contributed by atoms with Crippen molar-refractivity contribution in [3.8, 4) is 0 Å². The minimum atomic E-state index is -0.273. The van der Waals surface area contributed by atoms with Crippen LogP contribution in [0.1, 0.15) is 47.5 Å². The number of hydrogen-bond acceptors (Lipinski definition) is 4. The van der Waals surface area contributed by atoms with E-state index in [1.807, 2.05) is 20.8 Å². The molecule has 0 saturated heterocycles. The van der Waals surface area contributed by atoms with Gasteiger partial charge >= 0.3 is 0 Å². The van der Waals surface area contributed by atoms with Crippen LogP contribution in [0.5, 0.6) is 0 Å². The lowest BCUT2D eigenvalue weighted by Gasteiger charge is -2.18. The zero-order valence-electron chi connectivity index (χ0n) is 13.8. The molecule has 0 rings (SSSR count). The molecule has 0 bridgehead atoms. The highest BCUT2D eigenvalue weighted by atomic mass is 16.5. The summed E-state index contributed by atoms with van der Waals surface area (Å²) in [6, 6.07) is 0.528. The van der Waals surface area contributed by atoms with Gasteiger partial charge in [-0.1, -0.05) is 13.8 Å². The number of nitrogens with one attached hydrogen (secondary N) is 2. The maximum Gasteiger partial charge on any atom is 0.246 e. The summed E-state index contributed by atoms with van der Waals surface area (Å²) < 4.78 is 10.9. The summed E-state index contributed by atoms with van der Waals surface area (Å²) in [6.45, 7) is 13.2. The zero-order valence-corrected chi connectivity index (χ0v) is 13.8. The minimum absolute atomic E-state index is 0.0685. The lowest BCUT2D eigenvalue weighted by atomic mass is 10.2. The average Bonchev–Trinajstić information content (AvgIpc) is 2.33. The third kappa shape index (κ3) is 15.4. The molecular formula is C15H32N2O3. The van der Waals surface area contributed by atoms with Crippen molar-refractivity contribution >= 4 is 5.91 Å². The molecule has 0 aliphatic carbocycles. The lowest BCUT2D eigenvalue weighted by molar-refractivity contribution is -0.130. The van der Waals surface area contributed by atoms with Gasteiger partial charge in [0, 0.05) is 25.8 Å². The van der Waals surface area contributed by atoms with E-state index in [0.717, 1.165) is 26.0 Å². The monoisotopic (exact) mass is 288 g/mol. The van der Waals surface area contributed by atoms with Gasteiger partial charge in [-0.05, 0) is 40.2 Å². The number of carbonyl (C=O) groups is 1. The molecule has 0 aromatic carbocycles. The first-order valence-corrected chi connectivity index (χ1v) is 7.53. The highest BCUT2D eigenvalue weighted by Crippen LogP contribution is 2.05. The molecule has 0 fully saturated rings. The Morgan fingerprint density at radius 1 is 1.10 bits per heavy atom. The van der Waals surface area contributed by atoms with Crippen molar-refractivity contribution in [3.63, 3.8) is 0 Å². The zero-order chi connectivity index (χ0) is 15.4. The molecule has 0 unspecified atom stereocenters. The van der Waals surface area contributed by atoms with Crippen LogP contribution < -0.4 is 10.6 Å². The van der Waals surface area contributed by atoms with Gasteiger partial charge in [0.05, 0.1) is 5.60 Å². The van der Waals surface area contributed by atoms with Gasteiger partial charge in [-0.25, -0.2) is 0 Å². The van der Waals surface area contributed by atoms with Crippen LogP contribution in [0.15, 0.2) is 0 Å². The van der Waals surface area contributed by atoms with Crippen LogP contribution in [0.2, 0.25) is 0 Å². The first-order valence-electron chi connectivity index (χ1n) is 7.53. The Morgan fingerprint density at radius 3 is 2.25 bits per heavy atom. The quantitative estimate of drug-likeness (QED) is 0.568. The number of hydrogen-bond donors (Lipinski definition) is 2. The molecule has 20 heavy (non-hydrogen) atoms. The third-order valence-corrected chi connectivity index (χ3v) is 2.44. The maximum atomic E-state index is 11.4. The predicted octanol–water partition coefficient (Wildman–Crippen LogP) is 1.71. The van der Waals surface area contributed by atoms with Gasteiger partial charge in [-0.15, -0.1) is 0 Å². The molecule has 0 atom stereocenters. The van der Waals surface area contributed by atoms with E-state index in [-0.39, 0.29) is 18.1 Å². The third-order valence-electron chi connectivity index (χ3n) is 2.44. The summed E-state index contributed by atoms with van der Waals surface area (Å²) in [5.74, 6) is -0.0685. The Bertz CT molecular complexity index is 250. The first-order chi connectivity index (χ1) is 9.31. The number of carbonyl (C=O) groups excluding carboxylic acids is 1. The predicted molar refractivity (Wildman–Crippen MR) is 81.9 cm³/mol. The van der Waals surface area contributed by atoms with Gasteiger partial charge in [0.1, 0.15) is 6.61 Å². The van der Waals surface area contributed by atoms with Crippen molar-refractivity contribution in [1.29, 1.82) is 0 Å². The highest BCUT2D eigenvalue weighted by Gasteiger charge is 2.12. The fourth-order valence-corrected chi connectivity index (χ4v) is 1.40. The minimum Gasteiger partial charge on any atom is -0.381 e. The summed E-state index contributed by atoms with van der Waals surface area (Å²) >= 11 is 0. The van der Waals surface area contributed by atoms with E-state index in [9.17, 15) is 4.79 Å². The topological polar surface area (TPSA) is 59.6 Å². The smallest absolute Gasteiger partial charge is 0.246 e. The molecule has 0 radical (unpaired) electrons. The van der Waals surface area contributed by atoms with Crippen LogP contribution in [0.3, 0.4) is 0 Å². The second-order valence-corrected chi connectivity index (χ2v) is 6.18. The van der Waals surface area contributed by atoms with Gasteiger partial charge in [0.2, 0.25) is 5.91 Å². The highest BCUT2D eigenvalue weighted by molar-refractivity contribution is 5.77. The van der Waals surface area contributed by atoms with E-state index >= 15 is 0 Å². The Morgan fingerprint density at radius 2 is 1.70 bits per heavy atom. The summed E-state index contributed by atoms with van der Waals surface area (Å²) in [7, 11) is 0. The SMILES string of the molecule is CC(C)NCCCOCCCNC(=O)COC(C)(C)C. The normalized spacial score (nSPS) is 11.9. The van der Waals surface area contributed by atoms with Crippen molar-refractivity contribution in [1.82, 2.24) is 10.6 Å². The Labute approximate surface area is 123 Å². The number of amides is 1. The average molecular weight is 288 g/mol. The van der Waals surface area contributed by atoms with Crippen LogP contribution in [-0.4, -0.2) is 50.5 Å². The van der Waals surface area contributed by atoms with Gasteiger partial charge in [0.15, 0.2) is 0 Å². The molecule has 0 spiro atoms. The molecular weight excluding hydrogens is 256 g/mol. The van der Waals surface area contributed by atoms with E-state index in [2.05, 4.69) is 24.5 Å². The van der Waals surface area contributed by atoms with Crippen LogP contribution >= 0.6 is 0 Å². The Hall–Kier alpha value is -0.650. The molecule has 0 aliphatic rings. The van der Waals surface area contributed by atoms with Crippen molar-refractivity contribution in [2.24, 2.45) is 0 Å². The molecule has 5 nitrogen and oxygen atoms in total. The van der Waals surface area contributed by atoms with Crippen LogP contribution in [0.25, 0.3) is 0 Å². The second-order valence-electron chi connectivity index (χ2n) is 6.18. The molecule has 1 amide bonds.